The monoisotopic (exact) mass is 266 g/mol. The zero-order valence-corrected chi connectivity index (χ0v) is 11.0. The minimum Gasteiger partial charge on any atom is -0.450 e. The van der Waals surface area contributed by atoms with Crippen LogP contribution >= 0.6 is 0 Å². The van der Waals surface area contributed by atoms with Gasteiger partial charge in [-0.3, -0.25) is 0 Å². The highest BCUT2D eigenvalue weighted by Gasteiger charge is 2.11. The number of unbranched alkanes of at least 4 members (excludes halogenated alkanes) is 2. The number of aromatic nitrogens is 2. The first-order valence-electron chi connectivity index (χ1n) is 6.63. The molecule has 1 N–H and O–H groups in total. The van der Waals surface area contributed by atoms with Crippen LogP contribution in [-0.2, 0) is 0 Å². The Morgan fingerprint density at radius 1 is 1.20 bits per heavy atom. The minimum absolute atomic E-state index is 0.589. The van der Waals surface area contributed by atoms with E-state index in [4.69, 9.17) is 9.68 Å². The Hall–Kier alpha value is -2.61. The Bertz CT molecular complexity index is 772. The third-order valence-corrected chi connectivity index (χ3v) is 3.17. The van der Waals surface area contributed by atoms with E-state index in [0.717, 1.165) is 35.9 Å². The van der Waals surface area contributed by atoms with E-state index < -0.39 is 0 Å². The van der Waals surface area contributed by atoms with E-state index in [-0.39, 0.29) is 0 Å². The fourth-order valence-corrected chi connectivity index (χ4v) is 2.19. The maximum Gasteiger partial charge on any atom is 0.196 e. The molecule has 0 radical (unpaired) electrons. The van der Waals surface area contributed by atoms with Crippen molar-refractivity contribution in [3.63, 3.8) is 0 Å². The molecule has 0 fully saturated rings. The smallest absolute Gasteiger partial charge is 0.196 e. The second kappa shape index (κ2) is 5.57. The van der Waals surface area contributed by atoms with Gasteiger partial charge in [0.1, 0.15) is 17.4 Å². The standard InChI is InChI=1S/C15H14N4O/c16-8-4-1-5-9-17-15-14-13(18-10-19-15)11-6-2-3-7-12(11)20-14/h2-3,6-7,10H,1,4-5,9H2,(H,17,18,19). The van der Waals surface area contributed by atoms with Gasteiger partial charge in [-0.25, -0.2) is 9.97 Å². The molecule has 2 heterocycles. The van der Waals surface area contributed by atoms with Gasteiger partial charge in [0.15, 0.2) is 11.4 Å². The molecule has 0 spiro atoms. The summed E-state index contributed by atoms with van der Waals surface area (Å²) in [4.78, 5) is 8.54. The van der Waals surface area contributed by atoms with Crippen LogP contribution in [0.25, 0.3) is 22.1 Å². The summed E-state index contributed by atoms with van der Waals surface area (Å²) in [7, 11) is 0. The van der Waals surface area contributed by atoms with Crippen LogP contribution in [0.1, 0.15) is 19.3 Å². The summed E-state index contributed by atoms with van der Waals surface area (Å²) in [5.74, 6) is 0.711. The van der Waals surface area contributed by atoms with Gasteiger partial charge >= 0.3 is 0 Å². The summed E-state index contributed by atoms with van der Waals surface area (Å²) >= 11 is 0. The molecular weight excluding hydrogens is 252 g/mol. The number of nitriles is 1. The third-order valence-electron chi connectivity index (χ3n) is 3.17. The van der Waals surface area contributed by atoms with Crippen molar-refractivity contribution in [1.82, 2.24) is 9.97 Å². The number of nitrogens with one attached hydrogen (secondary N) is 1. The molecule has 0 aliphatic heterocycles. The number of nitrogens with zero attached hydrogens (tertiary/aromatic N) is 3. The Balaban J connectivity index is 1.86. The van der Waals surface area contributed by atoms with Crippen molar-refractivity contribution in [2.45, 2.75) is 19.3 Å². The Labute approximate surface area is 116 Å². The normalized spacial score (nSPS) is 10.8. The highest BCUT2D eigenvalue weighted by molar-refractivity contribution is 6.05. The van der Waals surface area contributed by atoms with Gasteiger partial charge in [0.05, 0.1) is 6.07 Å². The molecule has 100 valence electrons. The average molecular weight is 266 g/mol. The predicted octanol–water partition coefficient (Wildman–Crippen LogP) is 3.48. The minimum atomic E-state index is 0.589. The fraction of sp³-hybridized carbons (Fsp3) is 0.267. The van der Waals surface area contributed by atoms with E-state index in [1.807, 2.05) is 24.3 Å². The summed E-state index contributed by atoms with van der Waals surface area (Å²) in [6.07, 6.45) is 3.95. The van der Waals surface area contributed by atoms with E-state index in [2.05, 4.69) is 21.4 Å². The van der Waals surface area contributed by atoms with Gasteiger partial charge < -0.3 is 9.73 Å². The van der Waals surface area contributed by atoms with Crippen molar-refractivity contribution >= 4 is 27.9 Å². The topological polar surface area (TPSA) is 74.7 Å². The molecule has 3 rings (SSSR count). The average Bonchev–Trinajstić information content (AvgIpc) is 2.87. The van der Waals surface area contributed by atoms with Crippen LogP contribution in [0.3, 0.4) is 0 Å². The number of rotatable bonds is 5. The van der Waals surface area contributed by atoms with Crippen LogP contribution in [0.2, 0.25) is 0 Å². The molecular formula is C15H14N4O. The van der Waals surface area contributed by atoms with Crippen molar-refractivity contribution < 1.29 is 4.42 Å². The predicted molar refractivity (Wildman–Crippen MR) is 77.3 cm³/mol. The van der Waals surface area contributed by atoms with Crippen LogP contribution in [0.4, 0.5) is 5.82 Å². The second-order valence-electron chi connectivity index (χ2n) is 4.54. The number of hydrogen-bond donors (Lipinski definition) is 1. The van der Waals surface area contributed by atoms with Crippen molar-refractivity contribution in [1.29, 1.82) is 5.26 Å². The molecule has 0 bridgehead atoms. The number of furan rings is 1. The van der Waals surface area contributed by atoms with Gasteiger partial charge in [0.2, 0.25) is 0 Å². The Kier molecular flexibility index (Phi) is 3.46. The lowest BCUT2D eigenvalue weighted by Crippen LogP contribution is -2.03. The Morgan fingerprint density at radius 3 is 3.00 bits per heavy atom. The second-order valence-corrected chi connectivity index (χ2v) is 4.54. The molecule has 0 amide bonds. The zero-order valence-electron chi connectivity index (χ0n) is 11.0. The van der Waals surface area contributed by atoms with E-state index in [9.17, 15) is 0 Å². The third kappa shape index (κ3) is 2.28. The van der Waals surface area contributed by atoms with Crippen LogP contribution in [0, 0.1) is 11.3 Å². The molecule has 20 heavy (non-hydrogen) atoms. The first-order chi connectivity index (χ1) is 9.90. The van der Waals surface area contributed by atoms with Gasteiger partial charge in [0, 0.05) is 18.4 Å². The molecule has 0 saturated heterocycles. The first-order valence-corrected chi connectivity index (χ1v) is 6.63. The SMILES string of the molecule is N#CCCCCNc1ncnc2c1oc1ccccc12. The van der Waals surface area contributed by atoms with Crippen molar-refractivity contribution in [2.75, 3.05) is 11.9 Å². The summed E-state index contributed by atoms with van der Waals surface area (Å²) in [6, 6.07) is 9.96. The van der Waals surface area contributed by atoms with Crippen LogP contribution in [-0.4, -0.2) is 16.5 Å². The van der Waals surface area contributed by atoms with Crippen molar-refractivity contribution in [3.8, 4) is 6.07 Å². The quantitative estimate of drug-likeness (QED) is 0.715. The summed E-state index contributed by atoms with van der Waals surface area (Å²) < 4.78 is 5.82. The number of hydrogen-bond acceptors (Lipinski definition) is 5. The van der Waals surface area contributed by atoms with Gasteiger partial charge in [-0.05, 0) is 25.0 Å². The highest BCUT2D eigenvalue weighted by Crippen LogP contribution is 2.30. The maximum atomic E-state index is 8.50. The molecule has 0 atom stereocenters. The Morgan fingerprint density at radius 2 is 2.10 bits per heavy atom. The van der Waals surface area contributed by atoms with Gasteiger partial charge in [-0.1, -0.05) is 12.1 Å². The highest BCUT2D eigenvalue weighted by atomic mass is 16.3. The first kappa shape index (κ1) is 12.4. The van der Waals surface area contributed by atoms with E-state index >= 15 is 0 Å². The molecule has 1 aromatic carbocycles. The maximum absolute atomic E-state index is 8.50. The summed E-state index contributed by atoms with van der Waals surface area (Å²) in [5, 5.41) is 12.7. The van der Waals surface area contributed by atoms with Crippen molar-refractivity contribution in [3.05, 3.63) is 30.6 Å². The molecule has 0 aliphatic carbocycles. The molecule has 0 aliphatic rings. The molecule has 5 nitrogen and oxygen atoms in total. The van der Waals surface area contributed by atoms with E-state index in [0.29, 0.717) is 17.8 Å². The lowest BCUT2D eigenvalue weighted by atomic mass is 10.2. The summed E-state index contributed by atoms with van der Waals surface area (Å²) in [5.41, 5.74) is 2.33. The number of benzene rings is 1. The molecule has 3 aromatic rings. The van der Waals surface area contributed by atoms with Crippen molar-refractivity contribution in [2.24, 2.45) is 0 Å². The molecule has 5 heteroatoms. The summed E-state index contributed by atoms with van der Waals surface area (Å²) in [6.45, 7) is 0.769. The van der Waals surface area contributed by atoms with Gasteiger partial charge in [-0.2, -0.15) is 5.26 Å². The van der Waals surface area contributed by atoms with Gasteiger partial charge in [-0.15, -0.1) is 0 Å². The molecule has 0 unspecified atom stereocenters. The molecule has 2 aromatic heterocycles. The van der Waals surface area contributed by atoms with Gasteiger partial charge in [0.25, 0.3) is 0 Å². The fourth-order valence-electron chi connectivity index (χ4n) is 2.19. The van der Waals surface area contributed by atoms with Crippen LogP contribution in [0.15, 0.2) is 35.0 Å². The lowest BCUT2D eigenvalue weighted by molar-refractivity contribution is 0.665. The number of para-hydroxylation sites is 1. The van der Waals surface area contributed by atoms with Crippen LogP contribution < -0.4 is 5.32 Å². The lowest BCUT2D eigenvalue weighted by Gasteiger charge is -2.04. The largest absolute Gasteiger partial charge is 0.450 e. The van der Waals surface area contributed by atoms with Crippen LogP contribution in [0.5, 0.6) is 0 Å². The molecule has 0 saturated carbocycles. The van der Waals surface area contributed by atoms with E-state index in [1.54, 1.807) is 6.33 Å². The number of fused-ring (bicyclic) bond motifs is 3. The zero-order chi connectivity index (χ0) is 13.8. The number of anilines is 1. The van der Waals surface area contributed by atoms with E-state index in [1.165, 1.54) is 0 Å².